The summed E-state index contributed by atoms with van der Waals surface area (Å²) in [5.74, 6) is -0.419. The lowest BCUT2D eigenvalue weighted by molar-refractivity contribution is -0.124. The van der Waals surface area contributed by atoms with Gasteiger partial charge in [0.1, 0.15) is 0 Å². The Morgan fingerprint density at radius 1 is 1.60 bits per heavy atom. The van der Waals surface area contributed by atoms with Gasteiger partial charge in [-0.15, -0.1) is 0 Å². The summed E-state index contributed by atoms with van der Waals surface area (Å²) in [6, 6.07) is 0. The normalized spacial score (nSPS) is 18.2. The zero-order chi connectivity index (χ0) is 7.72. The summed E-state index contributed by atoms with van der Waals surface area (Å²) >= 11 is 4.62. The Morgan fingerprint density at radius 3 is 2.40 bits per heavy atom. The van der Waals surface area contributed by atoms with Crippen molar-refractivity contribution in [3.05, 3.63) is 0 Å². The van der Waals surface area contributed by atoms with Crippen LogP contribution in [-0.2, 0) is 4.79 Å². The minimum absolute atomic E-state index is 0.206. The highest BCUT2D eigenvalue weighted by Crippen LogP contribution is 2.12. The summed E-state index contributed by atoms with van der Waals surface area (Å²) in [5, 5.41) is 8.37. The molecule has 0 unspecified atom stereocenters. The van der Waals surface area contributed by atoms with Crippen molar-refractivity contribution in [2.45, 2.75) is 12.8 Å². The summed E-state index contributed by atoms with van der Waals surface area (Å²) < 4.78 is 0. The van der Waals surface area contributed by atoms with Gasteiger partial charge < -0.3 is 5.11 Å². The van der Waals surface area contributed by atoms with Crippen LogP contribution in [0.25, 0.3) is 0 Å². The second-order valence-electron chi connectivity index (χ2n) is 1.91. The molecule has 0 spiro atoms. The van der Waals surface area contributed by atoms with Gasteiger partial charge in [0.05, 0.1) is 4.99 Å². The van der Waals surface area contributed by atoms with Crippen LogP contribution >= 0.6 is 12.2 Å². The van der Waals surface area contributed by atoms with E-state index >= 15 is 0 Å². The third-order valence-corrected chi connectivity index (χ3v) is 1.63. The van der Waals surface area contributed by atoms with Crippen LogP contribution in [0.4, 0.5) is 4.79 Å². The minimum Gasteiger partial charge on any atom is -0.464 e. The predicted molar refractivity (Wildman–Crippen MR) is 36.7 cm³/mol. The van der Waals surface area contributed by atoms with E-state index in [1.54, 1.807) is 0 Å². The highest BCUT2D eigenvalue weighted by atomic mass is 32.1. The van der Waals surface area contributed by atoms with Crippen LogP contribution in [-0.4, -0.2) is 27.0 Å². The van der Waals surface area contributed by atoms with Crippen molar-refractivity contribution < 1.29 is 14.7 Å². The van der Waals surface area contributed by atoms with E-state index in [1.165, 1.54) is 0 Å². The van der Waals surface area contributed by atoms with Gasteiger partial charge in [-0.05, 0) is 0 Å². The van der Waals surface area contributed by atoms with E-state index in [4.69, 9.17) is 5.11 Å². The van der Waals surface area contributed by atoms with Gasteiger partial charge in [0, 0.05) is 12.8 Å². The molecule has 5 heteroatoms. The number of likely N-dealkylation sites (tertiary alicyclic amines) is 1. The Bertz CT molecular complexity index is 197. The minimum atomic E-state index is -1.27. The molecule has 1 aliphatic heterocycles. The average molecular weight is 159 g/mol. The third-order valence-electron chi connectivity index (χ3n) is 1.24. The zero-order valence-corrected chi connectivity index (χ0v) is 5.85. The molecule has 0 aromatic rings. The molecule has 1 saturated heterocycles. The van der Waals surface area contributed by atoms with Gasteiger partial charge in [-0.2, -0.15) is 0 Å². The van der Waals surface area contributed by atoms with Crippen LogP contribution in [0.5, 0.6) is 0 Å². The number of rotatable bonds is 0. The van der Waals surface area contributed by atoms with Crippen molar-refractivity contribution in [3.63, 3.8) is 0 Å². The van der Waals surface area contributed by atoms with Crippen LogP contribution in [0.1, 0.15) is 12.8 Å². The van der Waals surface area contributed by atoms with Crippen LogP contribution < -0.4 is 0 Å². The molecule has 0 aliphatic carbocycles. The summed E-state index contributed by atoms with van der Waals surface area (Å²) in [4.78, 5) is 21.8. The molecule has 0 atom stereocenters. The van der Waals surface area contributed by atoms with E-state index in [9.17, 15) is 9.59 Å². The van der Waals surface area contributed by atoms with E-state index < -0.39 is 12.0 Å². The molecule has 1 heterocycles. The molecule has 0 aromatic carbocycles. The number of carbonyl (C=O) groups excluding carboxylic acids is 1. The summed E-state index contributed by atoms with van der Waals surface area (Å²) in [5.41, 5.74) is 0. The lowest BCUT2D eigenvalue weighted by Crippen LogP contribution is -2.32. The molecular weight excluding hydrogens is 154 g/mol. The Labute approximate surface area is 62.4 Å². The smallest absolute Gasteiger partial charge is 0.419 e. The van der Waals surface area contributed by atoms with Crippen molar-refractivity contribution in [3.8, 4) is 0 Å². The first-order chi connectivity index (χ1) is 4.63. The maximum absolute atomic E-state index is 10.7. The average Bonchev–Trinajstić information content (AvgIpc) is 2.11. The fourth-order valence-corrected chi connectivity index (χ4v) is 1.07. The molecule has 1 rings (SSSR count). The van der Waals surface area contributed by atoms with Gasteiger partial charge in [0.25, 0.3) is 0 Å². The van der Waals surface area contributed by atoms with Gasteiger partial charge in [-0.25, -0.2) is 9.69 Å². The molecule has 4 nitrogen and oxygen atoms in total. The third kappa shape index (κ3) is 0.995. The topological polar surface area (TPSA) is 57.6 Å². The maximum atomic E-state index is 10.7. The first-order valence-electron chi connectivity index (χ1n) is 2.71. The Kier molecular flexibility index (Phi) is 1.67. The monoisotopic (exact) mass is 159 g/mol. The van der Waals surface area contributed by atoms with E-state index in [2.05, 4.69) is 12.2 Å². The molecule has 0 saturated carbocycles. The van der Waals surface area contributed by atoms with Gasteiger partial charge in [0.15, 0.2) is 0 Å². The number of imide groups is 1. The first-order valence-corrected chi connectivity index (χ1v) is 3.12. The number of carboxylic acid groups (broad SMARTS) is 1. The number of carbonyl (C=O) groups is 2. The number of nitrogens with zero attached hydrogens (tertiary/aromatic N) is 1. The number of hydrogen-bond acceptors (Lipinski definition) is 3. The van der Waals surface area contributed by atoms with E-state index in [-0.39, 0.29) is 11.4 Å². The fourth-order valence-electron chi connectivity index (χ4n) is 0.790. The highest BCUT2D eigenvalue weighted by Gasteiger charge is 2.30. The van der Waals surface area contributed by atoms with E-state index in [0.717, 1.165) is 0 Å². The van der Waals surface area contributed by atoms with Crippen molar-refractivity contribution >= 4 is 29.2 Å². The molecule has 0 radical (unpaired) electrons. The molecule has 1 fully saturated rings. The number of hydrogen-bond donors (Lipinski definition) is 1. The Balaban J connectivity index is 2.82. The van der Waals surface area contributed by atoms with E-state index in [0.29, 0.717) is 11.3 Å². The Morgan fingerprint density at radius 2 is 2.20 bits per heavy atom. The van der Waals surface area contributed by atoms with Crippen molar-refractivity contribution in [2.24, 2.45) is 0 Å². The van der Waals surface area contributed by atoms with Crippen molar-refractivity contribution in [1.82, 2.24) is 4.90 Å². The largest absolute Gasteiger partial charge is 0.464 e. The molecule has 1 N–H and O–H groups in total. The molecule has 2 amide bonds. The van der Waals surface area contributed by atoms with Crippen molar-refractivity contribution in [1.29, 1.82) is 0 Å². The molecule has 10 heavy (non-hydrogen) atoms. The maximum Gasteiger partial charge on any atom is 0.419 e. The number of amides is 2. The van der Waals surface area contributed by atoms with Gasteiger partial charge in [-0.3, -0.25) is 4.79 Å². The zero-order valence-electron chi connectivity index (χ0n) is 5.03. The quantitative estimate of drug-likeness (QED) is 0.526. The van der Waals surface area contributed by atoms with Gasteiger partial charge in [0.2, 0.25) is 5.91 Å². The summed E-state index contributed by atoms with van der Waals surface area (Å²) in [6.45, 7) is 0. The Hall–Kier alpha value is -0.970. The first kappa shape index (κ1) is 7.14. The van der Waals surface area contributed by atoms with Crippen LogP contribution in [0, 0.1) is 0 Å². The predicted octanol–water partition coefficient (Wildman–Crippen LogP) is 0.614. The molecule has 54 valence electrons. The molecular formula is C5H5NO3S. The standard InChI is InChI=1S/C5H5NO3S/c7-3-1-2-4(10)6(3)5(8)9/h1-2H2,(H,8,9). The lowest BCUT2D eigenvalue weighted by Gasteiger charge is -2.06. The van der Waals surface area contributed by atoms with Gasteiger partial charge in [-0.1, -0.05) is 12.2 Å². The second-order valence-corrected chi connectivity index (χ2v) is 2.38. The van der Waals surface area contributed by atoms with E-state index in [1.807, 2.05) is 0 Å². The summed E-state index contributed by atoms with van der Waals surface area (Å²) in [7, 11) is 0. The number of thiocarbonyl (C=S) groups is 1. The fraction of sp³-hybridized carbons (Fsp3) is 0.400. The molecule has 1 aliphatic rings. The lowest BCUT2D eigenvalue weighted by atomic mass is 10.4. The highest BCUT2D eigenvalue weighted by molar-refractivity contribution is 7.80. The van der Waals surface area contributed by atoms with Crippen LogP contribution in [0.3, 0.4) is 0 Å². The summed E-state index contributed by atoms with van der Waals surface area (Å²) in [6.07, 6.45) is -0.654. The van der Waals surface area contributed by atoms with Gasteiger partial charge >= 0.3 is 6.09 Å². The second kappa shape index (κ2) is 2.34. The van der Waals surface area contributed by atoms with Crippen molar-refractivity contribution in [2.75, 3.05) is 0 Å². The van der Waals surface area contributed by atoms with Crippen LogP contribution in [0.2, 0.25) is 0 Å². The SMILES string of the molecule is O=C(O)N1C(=O)CCC1=S. The molecule has 0 bridgehead atoms. The molecule has 0 aromatic heterocycles. The van der Waals surface area contributed by atoms with Crippen LogP contribution in [0.15, 0.2) is 0 Å².